The van der Waals surface area contributed by atoms with Crippen LogP contribution in [-0.4, -0.2) is 33.6 Å². The summed E-state index contributed by atoms with van der Waals surface area (Å²) in [5.74, 6) is -2.44. The highest BCUT2D eigenvalue weighted by atomic mass is 16.6. The average Bonchev–Trinajstić information content (AvgIpc) is 2.89. The number of carboxylic acids is 1. The Hall–Kier alpha value is -3.87. The largest absolute Gasteiger partial charge is 0.477 e. The molecule has 2 aromatic rings. The van der Waals surface area contributed by atoms with Crippen molar-refractivity contribution in [2.75, 3.05) is 12.8 Å². The number of para-hydroxylation sites is 1. The van der Waals surface area contributed by atoms with E-state index in [1.165, 1.54) is 12.1 Å². The molecule has 0 bridgehead atoms. The van der Waals surface area contributed by atoms with Gasteiger partial charge in [-0.3, -0.25) is 10.1 Å². The number of nitrogens with zero attached hydrogens (tertiary/aromatic N) is 3. The lowest BCUT2D eigenvalue weighted by atomic mass is 10.1. The molecule has 0 saturated heterocycles. The van der Waals surface area contributed by atoms with Gasteiger partial charge in [-0.2, -0.15) is 5.26 Å². The number of hydrogen-bond acceptors (Lipinski definition) is 7. The van der Waals surface area contributed by atoms with Gasteiger partial charge in [0.15, 0.2) is 5.69 Å². The molecule has 0 spiro atoms. The molecule has 0 unspecified atom stereocenters. The van der Waals surface area contributed by atoms with Gasteiger partial charge in [-0.05, 0) is 12.1 Å². The number of methoxy groups -OCH3 is 1. The fraction of sp³-hybridized carbons (Fsp3) is 0.0714. The maximum Gasteiger partial charge on any atom is 0.357 e. The predicted octanol–water partition coefficient (Wildman–Crippen LogP) is 1.32. The van der Waals surface area contributed by atoms with Crippen LogP contribution in [0.4, 0.5) is 11.4 Å². The van der Waals surface area contributed by atoms with E-state index in [1.807, 2.05) is 0 Å². The molecule has 1 heterocycles. The minimum Gasteiger partial charge on any atom is -0.477 e. The summed E-state index contributed by atoms with van der Waals surface area (Å²) in [6.45, 7) is 0. The monoisotopic (exact) mass is 330 g/mol. The Morgan fingerprint density at radius 2 is 2.12 bits per heavy atom. The number of nitrogen functional groups attached to an aromatic ring is 1. The van der Waals surface area contributed by atoms with E-state index in [4.69, 9.17) is 16.1 Å². The number of ether oxygens (including phenoxy) is 1. The molecule has 0 amide bonds. The number of nitro benzene ring substituents is 1. The quantitative estimate of drug-likeness (QED) is 0.482. The van der Waals surface area contributed by atoms with Gasteiger partial charge >= 0.3 is 17.6 Å². The Bertz CT molecular complexity index is 909. The van der Waals surface area contributed by atoms with Crippen LogP contribution >= 0.6 is 0 Å². The first-order chi connectivity index (χ1) is 11.3. The van der Waals surface area contributed by atoms with Crippen molar-refractivity contribution in [3.63, 3.8) is 0 Å². The van der Waals surface area contributed by atoms with Gasteiger partial charge in [0.05, 0.1) is 23.3 Å². The Morgan fingerprint density at radius 1 is 1.46 bits per heavy atom. The Kier molecular flexibility index (Phi) is 4.19. The molecule has 0 saturated carbocycles. The van der Waals surface area contributed by atoms with Gasteiger partial charge in [-0.25, -0.2) is 9.59 Å². The van der Waals surface area contributed by atoms with Crippen LogP contribution in [0.5, 0.6) is 0 Å². The van der Waals surface area contributed by atoms with Crippen LogP contribution in [0.3, 0.4) is 0 Å². The third-order valence-electron chi connectivity index (χ3n) is 3.23. The van der Waals surface area contributed by atoms with E-state index < -0.39 is 28.1 Å². The summed E-state index contributed by atoms with van der Waals surface area (Å²) >= 11 is 0. The van der Waals surface area contributed by atoms with Gasteiger partial charge in [0.25, 0.3) is 0 Å². The first-order valence-electron chi connectivity index (χ1n) is 6.33. The van der Waals surface area contributed by atoms with Crippen LogP contribution in [0.1, 0.15) is 26.4 Å². The summed E-state index contributed by atoms with van der Waals surface area (Å²) in [5.41, 5.74) is 3.55. The van der Waals surface area contributed by atoms with Gasteiger partial charge in [-0.1, -0.05) is 6.07 Å². The number of carbonyl (C=O) groups excluding carboxylic acids is 1. The molecule has 2 rings (SSSR count). The number of rotatable bonds is 4. The van der Waals surface area contributed by atoms with Crippen LogP contribution in [0, 0.1) is 21.4 Å². The Labute approximate surface area is 134 Å². The zero-order chi connectivity index (χ0) is 18.0. The minimum atomic E-state index is -1.51. The number of anilines is 1. The molecular formula is C14H10N4O6. The molecule has 0 aliphatic carbocycles. The molecule has 0 radical (unpaired) electrons. The first kappa shape index (κ1) is 16.5. The smallest absolute Gasteiger partial charge is 0.357 e. The highest BCUT2D eigenvalue weighted by Gasteiger charge is 2.29. The number of aromatic nitrogens is 1. The van der Waals surface area contributed by atoms with Gasteiger partial charge in [0.2, 0.25) is 0 Å². The normalized spacial score (nSPS) is 10.0. The van der Waals surface area contributed by atoms with E-state index >= 15 is 0 Å². The molecule has 24 heavy (non-hydrogen) atoms. The van der Waals surface area contributed by atoms with Crippen LogP contribution in [-0.2, 0) is 4.74 Å². The van der Waals surface area contributed by atoms with Crippen molar-refractivity contribution >= 4 is 23.3 Å². The van der Waals surface area contributed by atoms with Crippen LogP contribution in [0.15, 0.2) is 24.4 Å². The highest BCUT2D eigenvalue weighted by molar-refractivity contribution is 5.98. The molecule has 0 aliphatic rings. The maximum absolute atomic E-state index is 11.9. The molecular weight excluding hydrogens is 320 g/mol. The number of aromatic carboxylic acids is 1. The molecule has 0 atom stereocenters. The topological polar surface area (TPSA) is 161 Å². The van der Waals surface area contributed by atoms with E-state index in [1.54, 1.807) is 6.07 Å². The van der Waals surface area contributed by atoms with Gasteiger partial charge in [0.1, 0.15) is 17.3 Å². The van der Waals surface area contributed by atoms with Crippen LogP contribution < -0.4 is 5.73 Å². The first-order valence-corrected chi connectivity index (χ1v) is 6.33. The Balaban J connectivity index is 2.90. The van der Waals surface area contributed by atoms with E-state index in [9.17, 15) is 19.7 Å². The van der Waals surface area contributed by atoms with Crippen molar-refractivity contribution in [3.8, 4) is 11.8 Å². The molecule has 0 aliphatic heterocycles. The number of nitriles is 1. The number of carboxylic acid groups (broad SMARTS) is 1. The fourth-order valence-corrected chi connectivity index (χ4v) is 2.19. The second kappa shape index (κ2) is 6.09. The van der Waals surface area contributed by atoms with Crippen LogP contribution in [0.2, 0.25) is 0 Å². The fourth-order valence-electron chi connectivity index (χ4n) is 2.19. The zero-order valence-corrected chi connectivity index (χ0v) is 12.2. The summed E-state index contributed by atoms with van der Waals surface area (Å²) < 4.78 is 5.56. The van der Waals surface area contributed by atoms with E-state index in [0.717, 1.165) is 23.9 Å². The number of nitro groups is 1. The maximum atomic E-state index is 11.9. The SMILES string of the molecule is COC(=O)c1c(N)c(C#N)cn1-c1cccc(C(=O)O)c1[N+](=O)[O-]. The second-order valence-corrected chi connectivity index (χ2v) is 4.51. The summed E-state index contributed by atoms with van der Waals surface area (Å²) in [6.07, 6.45) is 1.11. The van der Waals surface area contributed by atoms with Crippen molar-refractivity contribution in [1.82, 2.24) is 4.57 Å². The van der Waals surface area contributed by atoms with Crippen LogP contribution in [0.25, 0.3) is 5.69 Å². The molecule has 10 nitrogen and oxygen atoms in total. The molecule has 122 valence electrons. The highest BCUT2D eigenvalue weighted by Crippen LogP contribution is 2.32. The number of hydrogen-bond donors (Lipinski definition) is 2. The van der Waals surface area contributed by atoms with Crippen molar-refractivity contribution in [2.45, 2.75) is 0 Å². The van der Waals surface area contributed by atoms with Crippen molar-refractivity contribution in [1.29, 1.82) is 5.26 Å². The lowest BCUT2D eigenvalue weighted by molar-refractivity contribution is -0.384. The van der Waals surface area contributed by atoms with Gasteiger partial charge in [-0.15, -0.1) is 0 Å². The third-order valence-corrected chi connectivity index (χ3v) is 3.23. The molecule has 1 aromatic heterocycles. The minimum absolute atomic E-state index is 0.106. The zero-order valence-electron chi connectivity index (χ0n) is 12.2. The summed E-state index contributed by atoms with van der Waals surface area (Å²) in [7, 11) is 1.08. The van der Waals surface area contributed by atoms with E-state index in [0.29, 0.717) is 0 Å². The number of carbonyl (C=O) groups is 2. The van der Waals surface area contributed by atoms with E-state index in [2.05, 4.69) is 4.74 Å². The summed E-state index contributed by atoms with van der Waals surface area (Å²) in [5, 5.41) is 29.5. The van der Waals surface area contributed by atoms with Crippen molar-refractivity contribution in [2.24, 2.45) is 0 Å². The Morgan fingerprint density at radius 3 is 2.62 bits per heavy atom. The number of esters is 1. The van der Waals surface area contributed by atoms with Gasteiger partial charge in [0, 0.05) is 6.20 Å². The lowest BCUT2D eigenvalue weighted by Crippen LogP contribution is -2.13. The van der Waals surface area contributed by atoms with Crippen molar-refractivity contribution < 1.29 is 24.4 Å². The van der Waals surface area contributed by atoms with Gasteiger partial charge < -0.3 is 20.1 Å². The third kappa shape index (κ3) is 2.50. The summed E-state index contributed by atoms with van der Waals surface area (Å²) in [4.78, 5) is 33.6. The average molecular weight is 330 g/mol. The number of nitrogens with two attached hydrogens (primary N) is 1. The summed E-state index contributed by atoms with van der Waals surface area (Å²) in [6, 6.07) is 5.31. The molecule has 3 N–H and O–H groups in total. The molecule has 1 aromatic carbocycles. The second-order valence-electron chi connectivity index (χ2n) is 4.51. The lowest BCUT2D eigenvalue weighted by Gasteiger charge is -2.10. The number of benzene rings is 1. The van der Waals surface area contributed by atoms with Crippen molar-refractivity contribution in [3.05, 3.63) is 51.3 Å². The standard InChI is InChI=1S/C14H10N4O6/c1-24-14(21)12-10(16)7(5-15)6-17(12)9-4-2-3-8(13(19)20)11(9)18(22)23/h2-4,6H,16H2,1H3,(H,19,20). The molecule has 10 heteroatoms. The molecule has 0 fully saturated rings. The van der Waals surface area contributed by atoms with E-state index in [-0.39, 0.29) is 22.6 Å². The predicted molar refractivity (Wildman–Crippen MR) is 79.8 cm³/mol.